The lowest BCUT2D eigenvalue weighted by Crippen LogP contribution is -2.46. The van der Waals surface area contributed by atoms with Crippen molar-refractivity contribution in [3.05, 3.63) is 48.7 Å². The summed E-state index contributed by atoms with van der Waals surface area (Å²) in [7, 11) is 1.70. The van der Waals surface area contributed by atoms with Crippen molar-refractivity contribution in [1.29, 1.82) is 0 Å². The summed E-state index contributed by atoms with van der Waals surface area (Å²) in [5, 5.41) is 8.25. The number of hydrogen-bond donors (Lipinski definition) is 1. The van der Waals surface area contributed by atoms with Crippen LogP contribution in [0.15, 0.2) is 53.8 Å². The van der Waals surface area contributed by atoms with Crippen molar-refractivity contribution >= 4 is 24.0 Å². The predicted molar refractivity (Wildman–Crippen MR) is 108 cm³/mol. The molecule has 26 heavy (non-hydrogen) atoms. The summed E-state index contributed by atoms with van der Waals surface area (Å²) in [5.74, 6) is 0.927. The summed E-state index contributed by atoms with van der Waals surface area (Å²) in [6, 6.07) is 14.0. The average Bonchev–Trinajstić information content (AvgIpc) is 3.10. The fourth-order valence-corrected chi connectivity index (χ4v) is 3.16. The van der Waals surface area contributed by atoms with Crippen LogP contribution in [0.3, 0.4) is 0 Å². The Morgan fingerprint density at radius 2 is 1.73 bits per heavy atom. The molecule has 6 nitrogen and oxygen atoms in total. The summed E-state index contributed by atoms with van der Waals surface area (Å²) in [5.41, 5.74) is 2.13. The van der Waals surface area contributed by atoms with Gasteiger partial charge < -0.3 is 14.5 Å². The number of nitrogens with zero attached hydrogens (tertiary/aromatic N) is 5. The molecule has 0 unspecified atom stereocenters. The van der Waals surface area contributed by atoms with E-state index in [1.165, 1.54) is 18.8 Å². The van der Waals surface area contributed by atoms with E-state index in [0.717, 1.165) is 31.0 Å². The number of aromatic nitrogens is 3. The summed E-state index contributed by atoms with van der Waals surface area (Å²) in [4.78, 5) is 4.92. The van der Waals surface area contributed by atoms with Crippen molar-refractivity contribution in [2.75, 3.05) is 44.7 Å². The van der Waals surface area contributed by atoms with Gasteiger partial charge in [0.15, 0.2) is 10.8 Å². The van der Waals surface area contributed by atoms with Gasteiger partial charge in [-0.15, -0.1) is 22.8 Å². The second-order valence-electron chi connectivity index (χ2n) is 6.05. The van der Waals surface area contributed by atoms with Gasteiger partial charge in [-0.3, -0.25) is 4.40 Å². The highest BCUT2D eigenvalue weighted by atomic mass is 32.1. The van der Waals surface area contributed by atoms with E-state index in [1.807, 2.05) is 40.9 Å². The molecule has 2 aromatic heterocycles. The minimum Gasteiger partial charge on any atom is -0.497 e. The molecule has 0 spiro atoms. The highest BCUT2D eigenvalue weighted by molar-refractivity contribution is 7.80. The highest BCUT2D eigenvalue weighted by Gasteiger charge is 2.15. The minimum atomic E-state index is 0.621. The molecule has 7 heteroatoms. The van der Waals surface area contributed by atoms with E-state index in [2.05, 4.69) is 51.7 Å². The maximum atomic E-state index is 5.16. The topological polar surface area (TPSA) is 45.9 Å². The third-order valence-corrected chi connectivity index (χ3v) is 4.86. The van der Waals surface area contributed by atoms with E-state index in [9.17, 15) is 0 Å². The number of hydrogen-bond acceptors (Lipinski definition) is 6. The van der Waals surface area contributed by atoms with Crippen molar-refractivity contribution in [2.45, 2.75) is 12.1 Å². The smallest absolute Gasteiger partial charge is 0.192 e. The fourth-order valence-electron chi connectivity index (χ4n) is 2.94. The third-order valence-electron chi connectivity index (χ3n) is 4.55. The number of pyridine rings is 1. The lowest BCUT2D eigenvalue weighted by atomic mass is 10.2. The zero-order chi connectivity index (χ0) is 18.4. The summed E-state index contributed by atoms with van der Waals surface area (Å²) < 4.78 is 6.97. The van der Waals surface area contributed by atoms with Gasteiger partial charge in [-0.2, -0.15) is 0 Å². The maximum Gasteiger partial charge on any atom is 0.192 e. The van der Waals surface area contributed by atoms with Crippen molar-refractivity contribution in [3.8, 4) is 5.75 Å². The number of rotatable bonds is 3. The Hall–Kier alpha value is -2.25. The van der Waals surface area contributed by atoms with Crippen LogP contribution < -0.4 is 9.64 Å². The Morgan fingerprint density at radius 1 is 1.00 bits per heavy atom. The number of likely N-dealkylation sites (N-methyl/N-ethyl adjacent to an activating group) is 1. The van der Waals surface area contributed by atoms with Gasteiger partial charge >= 0.3 is 0 Å². The fraction of sp³-hybridized carbons (Fsp3) is 0.368. The Morgan fingerprint density at radius 3 is 2.35 bits per heavy atom. The van der Waals surface area contributed by atoms with E-state index < -0.39 is 0 Å². The molecule has 3 heterocycles. The van der Waals surface area contributed by atoms with Crippen molar-refractivity contribution in [1.82, 2.24) is 19.5 Å². The standard InChI is InChI=1S/C13H20N2O.C6H5N3S/c1-3-14-8-10-15(11-9-14)12-4-6-13(16-2)7-5-12;10-6-8-7-5-3-1-2-4-9(5)6/h4-7H,3,8-11H2,1-2H3;1-4H,(H,8,10). The van der Waals surface area contributed by atoms with Crippen LogP contribution in [0.2, 0.25) is 0 Å². The molecule has 1 saturated heterocycles. The maximum absolute atomic E-state index is 5.16. The minimum absolute atomic E-state index is 0.621. The van der Waals surface area contributed by atoms with Crippen molar-refractivity contribution in [2.24, 2.45) is 0 Å². The molecular formula is C19H25N5OS. The van der Waals surface area contributed by atoms with Crippen LogP contribution in [-0.4, -0.2) is 59.3 Å². The lowest BCUT2D eigenvalue weighted by Gasteiger charge is -2.35. The van der Waals surface area contributed by atoms with Gasteiger partial charge in [0.2, 0.25) is 0 Å². The van der Waals surface area contributed by atoms with Crippen LogP contribution >= 0.6 is 12.6 Å². The molecule has 0 amide bonds. The quantitative estimate of drug-likeness (QED) is 0.718. The Bertz CT molecular complexity index is 812. The largest absolute Gasteiger partial charge is 0.497 e. The first-order valence-corrected chi connectivity index (χ1v) is 9.26. The SMILES string of the molecule is CCN1CCN(c2ccc(OC)cc2)CC1.Sc1nnc2ccccn12. The van der Waals surface area contributed by atoms with Crippen LogP contribution in [-0.2, 0) is 0 Å². The summed E-state index contributed by atoms with van der Waals surface area (Å²) in [6.07, 6.45) is 1.87. The molecule has 0 radical (unpaired) electrons. The summed E-state index contributed by atoms with van der Waals surface area (Å²) in [6.45, 7) is 7.98. The molecule has 0 saturated carbocycles. The predicted octanol–water partition coefficient (Wildman–Crippen LogP) is 2.86. The molecule has 1 fully saturated rings. The van der Waals surface area contributed by atoms with Crippen molar-refractivity contribution in [3.63, 3.8) is 0 Å². The van der Waals surface area contributed by atoms with Gasteiger partial charge in [0.05, 0.1) is 7.11 Å². The highest BCUT2D eigenvalue weighted by Crippen LogP contribution is 2.20. The molecular weight excluding hydrogens is 346 g/mol. The van der Waals surface area contributed by atoms with Crippen LogP contribution in [0.5, 0.6) is 5.75 Å². The van der Waals surface area contributed by atoms with E-state index in [1.54, 1.807) is 7.11 Å². The van der Waals surface area contributed by atoms with Gasteiger partial charge in [0.25, 0.3) is 0 Å². The van der Waals surface area contributed by atoms with Crippen molar-refractivity contribution < 1.29 is 4.74 Å². The third kappa shape index (κ3) is 4.47. The number of anilines is 1. The number of benzene rings is 1. The van der Waals surface area contributed by atoms with Gasteiger partial charge in [-0.25, -0.2) is 0 Å². The molecule has 4 rings (SSSR count). The molecule has 138 valence electrons. The molecule has 1 aliphatic heterocycles. The number of thiol groups is 1. The van der Waals surface area contributed by atoms with Crippen LogP contribution in [0, 0.1) is 0 Å². The summed E-state index contributed by atoms with van der Waals surface area (Å²) >= 11 is 4.09. The van der Waals surface area contributed by atoms with Gasteiger partial charge in [-0.1, -0.05) is 13.0 Å². The molecule has 0 N–H and O–H groups in total. The van der Waals surface area contributed by atoms with E-state index in [4.69, 9.17) is 4.74 Å². The van der Waals surface area contributed by atoms with Crippen LogP contribution in [0.25, 0.3) is 5.65 Å². The second-order valence-corrected chi connectivity index (χ2v) is 6.45. The average molecular weight is 372 g/mol. The van der Waals surface area contributed by atoms with Gasteiger partial charge in [0.1, 0.15) is 5.75 Å². The second kappa shape index (κ2) is 8.91. The number of piperazine rings is 1. The Labute approximate surface area is 159 Å². The Balaban J connectivity index is 0.000000167. The van der Waals surface area contributed by atoms with E-state index >= 15 is 0 Å². The zero-order valence-electron chi connectivity index (χ0n) is 15.2. The number of ether oxygens (including phenoxy) is 1. The monoisotopic (exact) mass is 371 g/mol. The number of methoxy groups -OCH3 is 1. The molecule has 1 aromatic carbocycles. The molecule has 3 aromatic rings. The number of fused-ring (bicyclic) bond motifs is 1. The van der Waals surface area contributed by atoms with E-state index in [-0.39, 0.29) is 0 Å². The van der Waals surface area contributed by atoms with Crippen LogP contribution in [0.1, 0.15) is 6.92 Å². The van der Waals surface area contributed by atoms with Gasteiger partial charge in [0, 0.05) is 38.1 Å². The lowest BCUT2D eigenvalue weighted by molar-refractivity contribution is 0.271. The van der Waals surface area contributed by atoms with E-state index in [0.29, 0.717) is 5.16 Å². The first kappa shape index (κ1) is 18.5. The molecule has 0 bridgehead atoms. The zero-order valence-corrected chi connectivity index (χ0v) is 16.1. The molecule has 1 aliphatic rings. The molecule has 0 atom stereocenters. The van der Waals surface area contributed by atoms with Crippen LogP contribution in [0.4, 0.5) is 5.69 Å². The molecule has 0 aliphatic carbocycles. The first-order valence-electron chi connectivity index (χ1n) is 8.81. The first-order chi connectivity index (χ1) is 12.7. The normalized spacial score (nSPS) is 14.8. The van der Waals surface area contributed by atoms with Gasteiger partial charge in [-0.05, 0) is 42.9 Å². The Kier molecular flexibility index (Phi) is 6.35.